The highest BCUT2D eigenvalue weighted by Gasteiger charge is 2.30. The van der Waals surface area contributed by atoms with Crippen LogP contribution in [-0.2, 0) is 11.0 Å². The van der Waals surface area contributed by atoms with Crippen LogP contribution in [0.2, 0.25) is 0 Å². The number of carbonyl (C=O) groups excluding carboxylic acids is 1. The average Bonchev–Trinajstić information content (AvgIpc) is 3.17. The Morgan fingerprint density at radius 2 is 1.83 bits per heavy atom. The van der Waals surface area contributed by atoms with Gasteiger partial charge in [-0.2, -0.15) is 13.2 Å². The normalized spacial score (nSPS) is 16.4. The molecule has 3 rings (SSSR count). The molecule has 2 N–H and O–H groups in total. The zero-order valence-electron chi connectivity index (χ0n) is 15.5. The fourth-order valence-electron chi connectivity index (χ4n) is 3.61. The number of alkyl halides is 3. The molecule has 0 aliphatic heterocycles. The molecule has 9 heteroatoms. The lowest BCUT2D eigenvalue weighted by molar-refractivity contribution is -0.138. The maximum absolute atomic E-state index is 12.7. The number of carboxylic acids is 1. The first-order chi connectivity index (χ1) is 13.7. The number of carbonyl (C=O) groups is 2. The average molecular weight is 426 g/mol. The molecule has 5 nitrogen and oxygen atoms in total. The van der Waals surface area contributed by atoms with E-state index in [1.807, 2.05) is 0 Å². The minimum atomic E-state index is -4.41. The van der Waals surface area contributed by atoms with E-state index in [1.54, 1.807) is 0 Å². The Kier molecular flexibility index (Phi) is 6.56. The summed E-state index contributed by atoms with van der Waals surface area (Å²) in [5.74, 6) is -1.31. The first-order valence-corrected chi connectivity index (χ1v) is 10.3. The van der Waals surface area contributed by atoms with Gasteiger partial charge >= 0.3 is 12.1 Å². The lowest BCUT2D eigenvalue weighted by atomic mass is 9.82. The zero-order chi connectivity index (χ0) is 21.0. The van der Waals surface area contributed by atoms with Gasteiger partial charge in [-0.1, -0.05) is 31.4 Å². The second kappa shape index (κ2) is 8.94. The van der Waals surface area contributed by atoms with Crippen molar-refractivity contribution in [1.29, 1.82) is 0 Å². The van der Waals surface area contributed by atoms with Crippen molar-refractivity contribution in [2.24, 2.45) is 5.92 Å². The van der Waals surface area contributed by atoms with Crippen LogP contribution in [0.3, 0.4) is 0 Å². The van der Waals surface area contributed by atoms with E-state index < -0.39 is 29.7 Å². The number of hydrogen-bond acceptors (Lipinski definition) is 4. The highest BCUT2D eigenvalue weighted by Crippen LogP contribution is 2.32. The summed E-state index contributed by atoms with van der Waals surface area (Å²) in [5, 5.41) is 13.9. The van der Waals surface area contributed by atoms with Crippen LogP contribution < -0.4 is 5.32 Å². The molecule has 0 radical (unpaired) electrons. The van der Waals surface area contributed by atoms with Crippen LogP contribution in [0.1, 0.15) is 54.6 Å². The van der Waals surface area contributed by atoms with Gasteiger partial charge in [0.15, 0.2) is 0 Å². The molecular formula is C20H21F3N2O3S. The van der Waals surface area contributed by atoms with Crippen molar-refractivity contribution in [2.45, 2.75) is 50.7 Å². The Balaban J connectivity index is 1.71. The highest BCUT2D eigenvalue weighted by molar-refractivity contribution is 7.13. The van der Waals surface area contributed by atoms with E-state index in [4.69, 9.17) is 0 Å². The summed E-state index contributed by atoms with van der Waals surface area (Å²) in [6.45, 7) is 0. The minimum absolute atomic E-state index is 0.122. The van der Waals surface area contributed by atoms with E-state index in [1.165, 1.54) is 17.5 Å². The van der Waals surface area contributed by atoms with Crippen molar-refractivity contribution >= 4 is 23.2 Å². The van der Waals surface area contributed by atoms with Crippen molar-refractivity contribution in [3.63, 3.8) is 0 Å². The molecule has 0 saturated heterocycles. The van der Waals surface area contributed by atoms with Gasteiger partial charge in [0.2, 0.25) is 0 Å². The molecule has 1 aliphatic rings. The highest BCUT2D eigenvalue weighted by atomic mass is 32.1. The molecule has 1 heterocycles. The van der Waals surface area contributed by atoms with E-state index in [9.17, 15) is 27.9 Å². The molecule has 2 aromatic rings. The Labute approximate surface area is 170 Å². The number of benzene rings is 1. The predicted octanol–water partition coefficient (Wildman–Crippen LogP) is 4.98. The lowest BCUT2D eigenvalue weighted by Crippen LogP contribution is -2.42. The van der Waals surface area contributed by atoms with Gasteiger partial charge in [0.05, 0.1) is 12.0 Å². The second-order valence-electron chi connectivity index (χ2n) is 7.19. The van der Waals surface area contributed by atoms with Crippen LogP contribution in [-0.4, -0.2) is 28.0 Å². The fourth-order valence-corrected chi connectivity index (χ4v) is 4.42. The molecular weight excluding hydrogens is 405 g/mol. The van der Waals surface area contributed by atoms with Gasteiger partial charge in [0, 0.05) is 17.0 Å². The maximum Gasteiger partial charge on any atom is 0.416 e. The van der Waals surface area contributed by atoms with Crippen LogP contribution in [0.15, 0.2) is 29.6 Å². The molecule has 1 atom stereocenters. The molecule has 0 bridgehead atoms. The molecule has 156 valence electrons. The third kappa shape index (κ3) is 5.56. The Morgan fingerprint density at radius 1 is 1.17 bits per heavy atom. The van der Waals surface area contributed by atoms with Gasteiger partial charge in [-0.3, -0.25) is 9.59 Å². The number of carboxylic acid groups (broad SMARTS) is 1. The summed E-state index contributed by atoms with van der Waals surface area (Å²) in [5.41, 5.74) is -0.132. The Bertz CT molecular complexity index is 859. The van der Waals surface area contributed by atoms with E-state index in [0.717, 1.165) is 55.6 Å². The number of hydrogen-bond donors (Lipinski definition) is 2. The second-order valence-corrected chi connectivity index (χ2v) is 8.05. The monoisotopic (exact) mass is 426 g/mol. The SMILES string of the molecule is O=C(O)CC(NC(=O)c1csc(-c2ccc(C(F)(F)F)cc2)n1)C1CCCCC1. The van der Waals surface area contributed by atoms with Crippen LogP contribution in [0.4, 0.5) is 13.2 Å². The first-order valence-electron chi connectivity index (χ1n) is 9.40. The lowest BCUT2D eigenvalue weighted by Gasteiger charge is -2.29. The predicted molar refractivity (Wildman–Crippen MR) is 103 cm³/mol. The molecule has 1 aromatic heterocycles. The third-order valence-electron chi connectivity index (χ3n) is 5.13. The fraction of sp³-hybridized carbons (Fsp3) is 0.450. The largest absolute Gasteiger partial charge is 0.481 e. The van der Waals surface area contributed by atoms with E-state index in [0.29, 0.717) is 10.6 Å². The Morgan fingerprint density at radius 3 is 2.41 bits per heavy atom. The molecule has 0 spiro atoms. The molecule has 1 aromatic carbocycles. The molecule has 1 amide bonds. The number of rotatable bonds is 6. The van der Waals surface area contributed by atoms with Crippen molar-refractivity contribution in [3.05, 3.63) is 40.9 Å². The zero-order valence-corrected chi connectivity index (χ0v) is 16.4. The van der Waals surface area contributed by atoms with E-state index in [2.05, 4.69) is 10.3 Å². The smallest absolute Gasteiger partial charge is 0.416 e. The number of aliphatic carboxylic acids is 1. The molecule has 1 saturated carbocycles. The van der Waals surface area contributed by atoms with Gasteiger partial charge < -0.3 is 10.4 Å². The summed E-state index contributed by atoms with van der Waals surface area (Å²) in [6.07, 6.45) is 0.360. The number of amides is 1. The number of nitrogens with zero attached hydrogens (tertiary/aromatic N) is 1. The quantitative estimate of drug-likeness (QED) is 0.683. The van der Waals surface area contributed by atoms with Crippen molar-refractivity contribution in [3.8, 4) is 10.6 Å². The summed E-state index contributed by atoms with van der Waals surface area (Å²) < 4.78 is 38.1. The van der Waals surface area contributed by atoms with Gasteiger partial charge in [0.25, 0.3) is 5.91 Å². The van der Waals surface area contributed by atoms with Crippen molar-refractivity contribution < 1.29 is 27.9 Å². The molecule has 1 fully saturated rings. The summed E-state index contributed by atoms with van der Waals surface area (Å²) in [7, 11) is 0. The van der Waals surface area contributed by atoms with Gasteiger partial charge in [-0.15, -0.1) is 11.3 Å². The minimum Gasteiger partial charge on any atom is -0.481 e. The van der Waals surface area contributed by atoms with E-state index >= 15 is 0 Å². The van der Waals surface area contributed by atoms with Crippen molar-refractivity contribution in [1.82, 2.24) is 10.3 Å². The van der Waals surface area contributed by atoms with Gasteiger partial charge in [-0.05, 0) is 30.9 Å². The maximum atomic E-state index is 12.7. The summed E-state index contributed by atoms with van der Waals surface area (Å²) >= 11 is 1.15. The molecule has 1 unspecified atom stereocenters. The topological polar surface area (TPSA) is 79.3 Å². The third-order valence-corrected chi connectivity index (χ3v) is 6.02. The number of thiazole rings is 1. The molecule has 1 aliphatic carbocycles. The van der Waals surface area contributed by atoms with Crippen molar-refractivity contribution in [2.75, 3.05) is 0 Å². The number of halogens is 3. The van der Waals surface area contributed by atoms with Crippen LogP contribution >= 0.6 is 11.3 Å². The van der Waals surface area contributed by atoms with Crippen LogP contribution in [0, 0.1) is 5.92 Å². The molecule has 29 heavy (non-hydrogen) atoms. The van der Waals surface area contributed by atoms with Crippen LogP contribution in [0.25, 0.3) is 10.6 Å². The van der Waals surface area contributed by atoms with Crippen LogP contribution in [0.5, 0.6) is 0 Å². The van der Waals surface area contributed by atoms with E-state index in [-0.39, 0.29) is 18.0 Å². The summed E-state index contributed by atoms with van der Waals surface area (Å²) in [6, 6.07) is 4.12. The number of nitrogens with one attached hydrogen (secondary N) is 1. The standard InChI is InChI=1S/C20H21F3N2O3S/c21-20(22,23)14-8-6-13(7-9-14)19-25-16(11-29-19)18(28)24-15(10-17(26)27)12-4-2-1-3-5-12/h6-9,11-12,15H,1-5,10H2,(H,24,28)(H,26,27). The Hall–Kier alpha value is -2.42. The van der Waals surface area contributed by atoms with Gasteiger partial charge in [0.1, 0.15) is 10.7 Å². The first kappa shape index (κ1) is 21.3. The summed E-state index contributed by atoms with van der Waals surface area (Å²) in [4.78, 5) is 28.0. The number of aromatic nitrogens is 1. The van der Waals surface area contributed by atoms with Gasteiger partial charge in [-0.25, -0.2) is 4.98 Å².